The van der Waals surface area contributed by atoms with Crippen molar-refractivity contribution in [2.45, 2.75) is 12.6 Å². The largest absolute Gasteiger partial charge is 0.378 e. The maximum absolute atomic E-state index is 13.2. The first-order valence-electron chi connectivity index (χ1n) is 10.7. The molecule has 0 saturated carbocycles. The fourth-order valence-electron chi connectivity index (χ4n) is 4.41. The summed E-state index contributed by atoms with van der Waals surface area (Å²) in [6.45, 7) is 4.24. The number of aromatic nitrogens is 3. The number of fused-ring (bicyclic) bond motifs is 2. The van der Waals surface area contributed by atoms with Crippen LogP contribution in [0.25, 0.3) is 5.65 Å². The molecular formula is C22H22N6O4. The van der Waals surface area contributed by atoms with Crippen molar-refractivity contribution in [3.05, 3.63) is 53.5 Å². The van der Waals surface area contributed by atoms with E-state index < -0.39 is 0 Å². The zero-order valence-corrected chi connectivity index (χ0v) is 17.4. The zero-order chi connectivity index (χ0) is 21.7. The van der Waals surface area contributed by atoms with Crippen LogP contribution in [0.15, 0.2) is 36.8 Å². The number of benzene rings is 1. The predicted octanol–water partition coefficient (Wildman–Crippen LogP) is 1.17. The number of rotatable bonds is 4. The SMILES string of the molecule is O=C(Nc1cc2c(cc1N1CCOCC1)C(=O)N(C1COC1)C2)c1cnn2cccnc12. The van der Waals surface area contributed by atoms with Crippen molar-refractivity contribution < 1.29 is 19.1 Å². The highest BCUT2D eigenvalue weighted by atomic mass is 16.5. The van der Waals surface area contributed by atoms with E-state index in [2.05, 4.69) is 20.3 Å². The molecule has 0 radical (unpaired) electrons. The lowest BCUT2D eigenvalue weighted by Gasteiger charge is -2.34. The van der Waals surface area contributed by atoms with Gasteiger partial charge in [-0.25, -0.2) is 9.50 Å². The molecule has 0 bridgehead atoms. The average Bonchev–Trinajstić information content (AvgIpc) is 3.34. The Bertz CT molecular complexity index is 1210. The topological polar surface area (TPSA) is 101 Å². The number of nitrogens with zero attached hydrogens (tertiary/aromatic N) is 5. The van der Waals surface area contributed by atoms with Crippen molar-refractivity contribution in [1.29, 1.82) is 0 Å². The number of carbonyl (C=O) groups excluding carboxylic acids is 2. The highest BCUT2D eigenvalue weighted by Gasteiger charge is 2.37. The Balaban J connectivity index is 1.36. The van der Waals surface area contributed by atoms with Gasteiger partial charge < -0.3 is 24.6 Å². The van der Waals surface area contributed by atoms with Crippen molar-refractivity contribution in [3.8, 4) is 0 Å². The van der Waals surface area contributed by atoms with Crippen LogP contribution in [-0.4, -0.2) is 76.9 Å². The minimum absolute atomic E-state index is 0.0208. The lowest BCUT2D eigenvalue weighted by atomic mass is 10.1. The van der Waals surface area contributed by atoms with Gasteiger partial charge in [-0.1, -0.05) is 0 Å². The van der Waals surface area contributed by atoms with Crippen LogP contribution in [0, 0.1) is 0 Å². The van der Waals surface area contributed by atoms with E-state index in [1.165, 1.54) is 6.20 Å². The molecule has 0 unspecified atom stereocenters. The first kappa shape index (κ1) is 19.2. The van der Waals surface area contributed by atoms with Gasteiger partial charge in [0.05, 0.1) is 50.0 Å². The molecule has 32 heavy (non-hydrogen) atoms. The number of nitrogens with one attached hydrogen (secondary N) is 1. The Morgan fingerprint density at radius 3 is 2.78 bits per heavy atom. The lowest BCUT2D eigenvalue weighted by molar-refractivity contribution is -0.0540. The Hall–Kier alpha value is -3.50. The summed E-state index contributed by atoms with van der Waals surface area (Å²) in [4.78, 5) is 34.5. The molecule has 0 spiro atoms. The molecular weight excluding hydrogens is 412 g/mol. The monoisotopic (exact) mass is 434 g/mol. The zero-order valence-electron chi connectivity index (χ0n) is 17.4. The molecule has 2 aromatic heterocycles. The molecule has 5 heterocycles. The normalized spacial score (nSPS) is 18.7. The molecule has 2 saturated heterocycles. The van der Waals surface area contributed by atoms with Gasteiger partial charge in [0.15, 0.2) is 5.65 Å². The number of anilines is 2. The number of carbonyl (C=O) groups is 2. The predicted molar refractivity (Wildman–Crippen MR) is 115 cm³/mol. The minimum atomic E-state index is -0.290. The van der Waals surface area contributed by atoms with E-state index >= 15 is 0 Å². The fraction of sp³-hybridized carbons (Fsp3) is 0.364. The van der Waals surface area contributed by atoms with Crippen molar-refractivity contribution in [3.63, 3.8) is 0 Å². The van der Waals surface area contributed by atoms with E-state index in [-0.39, 0.29) is 17.9 Å². The van der Waals surface area contributed by atoms with Gasteiger partial charge in [-0.05, 0) is 23.8 Å². The number of hydrogen-bond donors (Lipinski definition) is 1. The van der Waals surface area contributed by atoms with E-state index in [1.807, 2.05) is 17.0 Å². The Labute approximate surface area is 183 Å². The second-order valence-electron chi connectivity index (χ2n) is 8.15. The Morgan fingerprint density at radius 2 is 2.00 bits per heavy atom. The van der Waals surface area contributed by atoms with Crippen LogP contribution >= 0.6 is 0 Å². The molecule has 1 aromatic carbocycles. The molecule has 10 heteroatoms. The van der Waals surface area contributed by atoms with Crippen LogP contribution in [-0.2, 0) is 16.0 Å². The summed E-state index contributed by atoms with van der Waals surface area (Å²) in [6, 6.07) is 5.71. The van der Waals surface area contributed by atoms with E-state index in [9.17, 15) is 9.59 Å². The molecule has 164 valence electrons. The summed E-state index contributed by atoms with van der Waals surface area (Å²) < 4.78 is 12.3. The lowest BCUT2D eigenvalue weighted by Crippen LogP contribution is -2.48. The molecule has 10 nitrogen and oxygen atoms in total. The molecule has 2 amide bonds. The van der Waals surface area contributed by atoms with Crippen LogP contribution in [0.4, 0.5) is 11.4 Å². The summed E-state index contributed by atoms with van der Waals surface area (Å²) >= 11 is 0. The molecule has 6 rings (SSSR count). The van der Waals surface area contributed by atoms with Crippen molar-refractivity contribution in [2.24, 2.45) is 0 Å². The van der Waals surface area contributed by atoms with E-state index in [1.54, 1.807) is 23.0 Å². The Kier molecular flexibility index (Phi) is 4.54. The van der Waals surface area contributed by atoms with Crippen LogP contribution in [0.1, 0.15) is 26.3 Å². The third kappa shape index (κ3) is 3.10. The molecule has 3 aliphatic heterocycles. The Morgan fingerprint density at radius 1 is 1.16 bits per heavy atom. The summed E-state index contributed by atoms with van der Waals surface area (Å²) in [5.74, 6) is -0.269. The minimum Gasteiger partial charge on any atom is -0.378 e. The van der Waals surface area contributed by atoms with Gasteiger partial charge >= 0.3 is 0 Å². The maximum Gasteiger partial charge on any atom is 0.261 e. The summed E-state index contributed by atoms with van der Waals surface area (Å²) in [6.07, 6.45) is 4.89. The van der Waals surface area contributed by atoms with Gasteiger partial charge in [0.2, 0.25) is 0 Å². The highest BCUT2D eigenvalue weighted by molar-refractivity contribution is 6.10. The fourth-order valence-corrected chi connectivity index (χ4v) is 4.41. The summed E-state index contributed by atoms with van der Waals surface area (Å²) in [5.41, 5.74) is 3.98. The number of morpholine rings is 1. The van der Waals surface area contributed by atoms with E-state index in [4.69, 9.17) is 9.47 Å². The third-order valence-corrected chi connectivity index (χ3v) is 6.24. The molecule has 2 fully saturated rings. The van der Waals surface area contributed by atoms with Gasteiger partial charge in [-0.15, -0.1) is 0 Å². The van der Waals surface area contributed by atoms with Crippen LogP contribution < -0.4 is 10.2 Å². The van der Waals surface area contributed by atoms with Crippen molar-refractivity contribution >= 4 is 28.8 Å². The van der Waals surface area contributed by atoms with Crippen molar-refractivity contribution in [2.75, 3.05) is 49.7 Å². The van der Waals surface area contributed by atoms with Crippen LogP contribution in [0.2, 0.25) is 0 Å². The van der Waals surface area contributed by atoms with Crippen molar-refractivity contribution in [1.82, 2.24) is 19.5 Å². The van der Waals surface area contributed by atoms with Gasteiger partial charge in [-0.3, -0.25) is 9.59 Å². The first-order valence-corrected chi connectivity index (χ1v) is 10.7. The van der Waals surface area contributed by atoms with Gasteiger partial charge in [0.1, 0.15) is 5.56 Å². The molecule has 3 aliphatic rings. The molecule has 0 atom stereocenters. The number of hydrogen-bond acceptors (Lipinski definition) is 7. The summed E-state index contributed by atoms with van der Waals surface area (Å²) in [5, 5.41) is 7.26. The molecule has 0 aliphatic carbocycles. The number of ether oxygens (including phenoxy) is 2. The highest BCUT2D eigenvalue weighted by Crippen LogP contribution is 2.36. The summed E-state index contributed by atoms with van der Waals surface area (Å²) in [7, 11) is 0. The average molecular weight is 434 g/mol. The second kappa shape index (κ2) is 7.57. The molecule has 3 aromatic rings. The van der Waals surface area contributed by atoms with Crippen LogP contribution in [0.3, 0.4) is 0 Å². The molecule has 1 N–H and O–H groups in total. The first-order chi connectivity index (χ1) is 15.7. The third-order valence-electron chi connectivity index (χ3n) is 6.24. The number of amides is 2. The van der Waals surface area contributed by atoms with E-state index in [0.717, 1.165) is 11.3 Å². The quantitative estimate of drug-likeness (QED) is 0.658. The van der Waals surface area contributed by atoms with E-state index in [0.29, 0.717) is 68.5 Å². The smallest absolute Gasteiger partial charge is 0.261 e. The van der Waals surface area contributed by atoms with Gasteiger partial charge in [0.25, 0.3) is 11.8 Å². The van der Waals surface area contributed by atoms with Crippen LogP contribution in [0.5, 0.6) is 0 Å². The van der Waals surface area contributed by atoms with Gasteiger partial charge in [-0.2, -0.15) is 5.10 Å². The maximum atomic E-state index is 13.2. The second-order valence-corrected chi connectivity index (χ2v) is 8.15. The standard InChI is InChI=1S/C22H22N6O4/c29-21(17-10-24-28-3-1-2-23-20(17)28)25-18-8-14-11-27(15-12-32-13-15)22(30)16(14)9-19(18)26-4-6-31-7-5-26/h1-3,8-10,15H,4-7,11-13H2,(H,25,29). The van der Waals surface area contributed by atoms with Gasteiger partial charge in [0, 0.05) is 37.6 Å².